The first-order chi connectivity index (χ1) is 10.5. The maximum atomic E-state index is 6.40. The summed E-state index contributed by atoms with van der Waals surface area (Å²) in [5.74, 6) is 3.53. The first-order valence-electron chi connectivity index (χ1n) is 8.37. The van der Waals surface area contributed by atoms with Crippen molar-refractivity contribution in [1.82, 2.24) is 0 Å². The van der Waals surface area contributed by atoms with E-state index in [1.54, 1.807) is 14.2 Å². The fraction of sp³-hybridized carbons (Fsp3) is 0.684. The molecule has 124 valence electrons. The zero-order valence-corrected chi connectivity index (χ0v) is 14.8. The van der Waals surface area contributed by atoms with Gasteiger partial charge in [-0.1, -0.05) is 27.7 Å². The summed E-state index contributed by atoms with van der Waals surface area (Å²) in [6.07, 6.45) is 2.61. The highest BCUT2D eigenvalue weighted by Gasteiger charge is 2.38. The lowest BCUT2D eigenvalue weighted by molar-refractivity contribution is -0.132. The third-order valence-electron chi connectivity index (χ3n) is 5.43. The smallest absolute Gasteiger partial charge is 0.122 e. The van der Waals surface area contributed by atoms with Crippen molar-refractivity contribution in [2.45, 2.75) is 52.7 Å². The summed E-state index contributed by atoms with van der Waals surface area (Å²) in [6.45, 7) is 9.21. The van der Waals surface area contributed by atoms with E-state index < -0.39 is 0 Å². The van der Waals surface area contributed by atoms with Crippen molar-refractivity contribution in [2.75, 3.05) is 14.2 Å². The zero-order valence-electron chi connectivity index (χ0n) is 14.8. The third kappa shape index (κ3) is 3.57. The van der Waals surface area contributed by atoms with E-state index in [9.17, 15) is 0 Å². The Bertz CT molecular complexity index is 461. The van der Waals surface area contributed by atoms with Crippen molar-refractivity contribution < 1.29 is 14.2 Å². The molecule has 5 atom stereocenters. The van der Waals surface area contributed by atoms with Crippen LogP contribution in [0.2, 0.25) is 0 Å². The lowest BCUT2D eigenvalue weighted by Gasteiger charge is -2.44. The molecule has 0 amide bonds. The van der Waals surface area contributed by atoms with Gasteiger partial charge in [0.1, 0.15) is 11.5 Å². The molecule has 0 N–H and O–H groups in total. The van der Waals surface area contributed by atoms with Gasteiger partial charge in [-0.05, 0) is 48.3 Å². The van der Waals surface area contributed by atoms with E-state index in [4.69, 9.17) is 14.2 Å². The Balaban J connectivity index is 2.18. The van der Waals surface area contributed by atoms with Crippen LogP contribution in [-0.2, 0) is 11.2 Å². The lowest BCUT2D eigenvalue weighted by Crippen LogP contribution is -2.45. The molecule has 5 unspecified atom stereocenters. The van der Waals surface area contributed by atoms with Gasteiger partial charge in [0.2, 0.25) is 0 Å². The molecule has 0 aromatic heterocycles. The van der Waals surface area contributed by atoms with Crippen molar-refractivity contribution >= 4 is 0 Å². The number of methoxy groups -OCH3 is 2. The molecule has 1 aromatic carbocycles. The molecule has 1 aliphatic rings. The van der Waals surface area contributed by atoms with Crippen LogP contribution in [0, 0.1) is 17.8 Å². The molecule has 0 bridgehead atoms. The molecule has 22 heavy (non-hydrogen) atoms. The van der Waals surface area contributed by atoms with Crippen LogP contribution < -0.4 is 9.47 Å². The van der Waals surface area contributed by atoms with Gasteiger partial charge in [-0.2, -0.15) is 0 Å². The Morgan fingerprint density at radius 2 is 1.41 bits per heavy atom. The largest absolute Gasteiger partial charge is 0.497 e. The molecule has 3 heteroatoms. The zero-order chi connectivity index (χ0) is 16.3. The van der Waals surface area contributed by atoms with Crippen molar-refractivity contribution in [1.29, 1.82) is 0 Å². The Morgan fingerprint density at radius 1 is 0.864 bits per heavy atom. The Kier molecular flexibility index (Phi) is 5.74. The molecule has 1 aliphatic heterocycles. The summed E-state index contributed by atoms with van der Waals surface area (Å²) in [5, 5.41) is 0. The quantitative estimate of drug-likeness (QED) is 0.810. The lowest BCUT2D eigenvalue weighted by atomic mass is 9.74. The van der Waals surface area contributed by atoms with Crippen LogP contribution in [0.1, 0.15) is 39.7 Å². The van der Waals surface area contributed by atoms with E-state index in [2.05, 4.69) is 39.8 Å². The minimum atomic E-state index is 0.257. The third-order valence-corrected chi connectivity index (χ3v) is 5.43. The molecule has 0 aliphatic carbocycles. The highest BCUT2D eigenvalue weighted by molar-refractivity contribution is 5.38. The van der Waals surface area contributed by atoms with Gasteiger partial charge in [0.25, 0.3) is 0 Å². The number of hydrogen-bond acceptors (Lipinski definition) is 3. The van der Waals surface area contributed by atoms with E-state index >= 15 is 0 Å². The predicted molar refractivity (Wildman–Crippen MR) is 89.7 cm³/mol. The molecule has 0 radical (unpaired) electrons. The van der Waals surface area contributed by atoms with Crippen LogP contribution >= 0.6 is 0 Å². The van der Waals surface area contributed by atoms with Crippen molar-refractivity contribution in [2.24, 2.45) is 17.8 Å². The Hall–Kier alpha value is -1.22. The summed E-state index contributed by atoms with van der Waals surface area (Å²) in [7, 11) is 3.38. The van der Waals surface area contributed by atoms with Gasteiger partial charge in [0.05, 0.1) is 26.4 Å². The fourth-order valence-electron chi connectivity index (χ4n) is 3.55. The van der Waals surface area contributed by atoms with Crippen LogP contribution in [0.25, 0.3) is 0 Å². The molecular formula is C19H30O3. The average Bonchev–Trinajstić information content (AvgIpc) is 2.54. The SMILES string of the molecule is CCC1OC(Cc2cc(OC)cc(OC)c2)C(C)C(C)C1C. The number of hydrogen-bond donors (Lipinski definition) is 0. The maximum absolute atomic E-state index is 6.40. The topological polar surface area (TPSA) is 27.7 Å². The molecule has 1 fully saturated rings. The monoisotopic (exact) mass is 306 g/mol. The van der Waals surface area contributed by atoms with Gasteiger partial charge in [-0.3, -0.25) is 0 Å². The van der Waals surface area contributed by atoms with Gasteiger partial charge in [0, 0.05) is 6.07 Å². The van der Waals surface area contributed by atoms with E-state index in [0.29, 0.717) is 23.9 Å². The average molecular weight is 306 g/mol. The molecule has 1 heterocycles. The van der Waals surface area contributed by atoms with Crippen LogP contribution in [-0.4, -0.2) is 26.4 Å². The molecular weight excluding hydrogens is 276 g/mol. The minimum Gasteiger partial charge on any atom is -0.497 e. The number of ether oxygens (including phenoxy) is 3. The highest BCUT2D eigenvalue weighted by Crippen LogP contribution is 2.38. The van der Waals surface area contributed by atoms with E-state index in [0.717, 1.165) is 24.3 Å². The van der Waals surface area contributed by atoms with Gasteiger partial charge in [0.15, 0.2) is 0 Å². The van der Waals surface area contributed by atoms with E-state index in [1.165, 1.54) is 5.56 Å². The Morgan fingerprint density at radius 3 is 1.91 bits per heavy atom. The summed E-state index contributed by atoms with van der Waals surface area (Å²) < 4.78 is 17.1. The van der Waals surface area contributed by atoms with Gasteiger partial charge >= 0.3 is 0 Å². The highest BCUT2D eigenvalue weighted by atomic mass is 16.5. The molecule has 1 aromatic rings. The predicted octanol–water partition coefficient (Wildman–Crippen LogP) is 4.33. The van der Waals surface area contributed by atoms with E-state index in [1.807, 2.05) is 6.07 Å². The van der Waals surface area contributed by atoms with E-state index in [-0.39, 0.29) is 6.10 Å². The summed E-state index contributed by atoms with van der Waals surface area (Å²) >= 11 is 0. The van der Waals surface area contributed by atoms with Crippen LogP contribution in [0.3, 0.4) is 0 Å². The van der Waals surface area contributed by atoms with Gasteiger partial charge < -0.3 is 14.2 Å². The molecule has 0 saturated carbocycles. The van der Waals surface area contributed by atoms with Gasteiger partial charge in [-0.25, -0.2) is 0 Å². The summed E-state index contributed by atoms with van der Waals surface area (Å²) in [4.78, 5) is 0. The number of rotatable bonds is 5. The first kappa shape index (κ1) is 17.1. The summed E-state index contributed by atoms with van der Waals surface area (Å²) in [5.41, 5.74) is 1.21. The second kappa shape index (κ2) is 7.36. The molecule has 2 rings (SSSR count). The molecule has 3 nitrogen and oxygen atoms in total. The Labute approximate surface area is 135 Å². The second-order valence-electron chi connectivity index (χ2n) is 6.62. The first-order valence-corrected chi connectivity index (χ1v) is 8.37. The fourth-order valence-corrected chi connectivity index (χ4v) is 3.55. The maximum Gasteiger partial charge on any atom is 0.122 e. The van der Waals surface area contributed by atoms with Crippen LogP contribution in [0.4, 0.5) is 0 Å². The molecule has 1 saturated heterocycles. The molecule has 0 spiro atoms. The van der Waals surface area contributed by atoms with Crippen LogP contribution in [0.5, 0.6) is 11.5 Å². The normalized spacial score (nSPS) is 31.8. The minimum absolute atomic E-state index is 0.257. The van der Waals surface area contributed by atoms with Crippen LogP contribution in [0.15, 0.2) is 18.2 Å². The summed E-state index contributed by atoms with van der Waals surface area (Å²) in [6, 6.07) is 6.08. The second-order valence-corrected chi connectivity index (χ2v) is 6.62. The van der Waals surface area contributed by atoms with Gasteiger partial charge in [-0.15, -0.1) is 0 Å². The number of benzene rings is 1. The van der Waals surface area contributed by atoms with Crippen molar-refractivity contribution in [3.63, 3.8) is 0 Å². The standard InChI is InChI=1S/C19H30O3/c1-7-18-13(3)12(2)14(4)19(22-18)10-15-8-16(20-5)11-17(9-15)21-6/h8-9,11-14,18-19H,7,10H2,1-6H3. The van der Waals surface area contributed by atoms with Crippen molar-refractivity contribution in [3.05, 3.63) is 23.8 Å². The van der Waals surface area contributed by atoms with Crippen molar-refractivity contribution in [3.8, 4) is 11.5 Å².